The number of anilines is 1. The summed E-state index contributed by atoms with van der Waals surface area (Å²) in [6.07, 6.45) is 4.44. The molecular weight excluding hydrogens is 300 g/mol. The molecule has 0 amide bonds. The van der Waals surface area contributed by atoms with E-state index in [2.05, 4.69) is 37.6 Å². The van der Waals surface area contributed by atoms with E-state index in [0.717, 1.165) is 23.1 Å². The van der Waals surface area contributed by atoms with Crippen LogP contribution in [0.4, 0.5) is 5.82 Å². The van der Waals surface area contributed by atoms with Gasteiger partial charge < -0.3 is 5.32 Å². The number of benzene rings is 1. The molecule has 0 atom stereocenters. The van der Waals surface area contributed by atoms with Gasteiger partial charge in [0, 0.05) is 18.8 Å². The van der Waals surface area contributed by atoms with Crippen molar-refractivity contribution in [1.82, 2.24) is 24.6 Å². The first kappa shape index (κ1) is 14.3. The molecule has 24 heavy (non-hydrogen) atoms. The highest BCUT2D eigenvalue weighted by Crippen LogP contribution is 2.10. The maximum Gasteiger partial charge on any atom is 0.160 e. The van der Waals surface area contributed by atoms with Crippen molar-refractivity contribution in [3.8, 4) is 0 Å². The van der Waals surface area contributed by atoms with Crippen LogP contribution in [0.3, 0.4) is 0 Å². The number of hydrogen-bond acceptors (Lipinski definition) is 5. The summed E-state index contributed by atoms with van der Waals surface area (Å²) >= 11 is 0. The van der Waals surface area contributed by atoms with E-state index in [1.165, 1.54) is 5.56 Å². The highest BCUT2D eigenvalue weighted by atomic mass is 15.3. The number of rotatable bonds is 5. The van der Waals surface area contributed by atoms with Gasteiger partial charge in [0.05, 0.1) is 6.54 Å². The van der Waals surface area contributed by atoms with Crippen LogP contribution in [-0.2, 0) is 13.0 Å². The molecule has 0 aliphatic carbocycles. The van der Waals surface area contributed by atoms with Crippen molar-refractivity contribution in [3.05, 3.63) is 84.2 Å². The first-order valence-electron chi connectivity index (χ1n) is 7.77. The fraction of sp³-hybridized carbons (Fsp3) is 0.111. The second-order valence-electron chi connectivity index (χ2n) is 5.42. The zero-order valence-corrected chi connectivity index (χ0v) is 13.0. The molecule has 6 heteroatoms. The molecule has 0 bridgehead atoms. The van der Waals surface area contributed by atoms with Gasteiger partial charge in [-0.1, -0.05) is 36.4 Å². The molecule has 0 radical (unpaired) electrons. The van der Waals surface area contributed by atoms with Gasteiger partial charge in [-0.05, 0) is 23.8 Å². The third kappa shape index (κ3) is 3.08. The van der Waals surface area contributed by atoms with Crippen molar-refractivity contribution in [2.75, 3.05) is 5.32 Å². The van der Waals surface area contributed by atoms with E-state index in [0.29, 0.717) is 13.0 Å². The predicted molar refractivity (Wildman–Crippen MR) is 91.6 cm³/mol. The van der Waals surface area contributed by atoms with Gasteiger partial charge in [0.15, 0.2) is 11.5 Å². The number of aromatic nitrogens is 5. The van der Waals surface area contributed by atoms with Crippen molar-refractivity contribution in [2.24, 2.45) is 0 Å². The van der Waals surface area contributed by atoms with Crippen molar-refractivity contribution in [1.29, 1.82) is 0 Å². The highest BCUT2D eigenvalue weighted by Gasteiger charge is 2.05. The van der Waals surface area contributed by atoms with E-state index in [4.69, 9.17) is 0 Å². The van der Waals surface area contributed by atoms with Crippen LogP contribution in [0, 0.1) is 0 Å². The monoisotopic (exact) mass is 316 g/mol. The molecule has 4 rings (SSSR count). The van der Waals surface area contributed by atoms with Crippen LogP contribution < -0.4 is 5.32 Å². The summed E-state index contributed by atoms with van der Waals surface area (Å²) in [5.74, 6) is 2.41. The van der Waals surface area contributed by atoms with Gasteiger partial charge in [0.25, 0.3) is 0 Å². The van der Waals surface area contributed by atoms with E-state index in [1.54, 1.807) is 6.20 Å². The van der Waals surface area contributed by atoms with Crippen LogP contribution in [-0.4, -0.2) is 24.6 Å². The lowest BCUT2D eigenvalue weighted by Crippen LogP contribution is -2.07. The lowest BCUT2D eigenvalue weighted by molar-refractivity contribution is 0.899. The first-order valence-corrected chi connectivity index (χ1v) is 7.77. The summed E-state index contributed by atoms with van der Waals surface area (Å²) in [5.41, 5.74) is 2.03. The maximum atomic E-state index is 4.57. The van der Waals surface area contributed by atoms with Gasteiger partial charge in [-0.3, -0.25) is 4.40 Å². The molecule has 6 nitrogen and oxygen atoms in total. The minimum Gasteiger partial charge on any atom is -0.363 e. The fourth-order valence-electron chi connectivity index (χ4n) is 2.54. The normalized spacial score (nSPS) is 10.8. The zero-order chi connectivity index (χ0) is 16.2. The quantitative estimate of drug-likeness (QED) is 0.613. The second kappa shape index (κ2) is 6.45. The van der Waals surface area contributed by atoms with Gasteiger partial charge in [-0.15, -0.1) is 10.2 Å². The van der Waals surface area contributed by atoms with Crippen molar-refractivity contribution in [2.45, 2.75) is 13.0 Å². The predicted octanol–water partition coefficient (Wildman–Crippen LogP) is 2.72. The van der Waals surface area contributed by atoms with E-state index >= 15 is 0 Å². The lowest BCUT2D eigenvalue weighted by Gasteiger charge is -2.06. The third-order valence-corrected chi connectivity index (χ3v) is 3.72. The third-order valence-electron chi connectivity index (χ3n) is 3.72. The topological polar surface area (TPSA) is 68.0 Å². The summed E-state index contributed by atoms with van der Waals surface area (Å²) in [6, 6.07) is 17.9. The number of pyridine rings is 1. The highest BCUT2D eigenvalue weighted by molar-refractivity contribution is 5.39. The van der Waals surface area contributed by atoms with Crippen LogP contribution in [0.5, 0.6) is 0 Å². The SMILES string of the molecule is c1ccc(Cc2nccc(NCc3nnc4ccccn34)n2)cc1. The maximum absolute atomic E-state index is 4.57. The molecule has 0 aliphatic rings. The molecular formula is C18H16N6. The Kier molecular flexibility index (Phi) is 3.85. The molecule has 3 heterocycles. The van der Waals surface area contributed by atoms with Crippen LogP contribution >= 0.6 is 0 Å². The molecule has 0 aliphatic heterocycles. The summed E-state index contributed by atoms with van der Waals surface area (Å²) in [4.78, 5) is 8.91. The zero-order valence-electron chi connectivity index (χ0n) is 13.0. The molecule has 0 saturated carbocycles. The van der Waals surface area contributed by atoms with Gasteiger partial charge >= 0.3 is 0 Å². The lowest BCUT2D eigenvalue weighted by atomic mass is 10.1. The Balaban J connectivity index is 1.48. The Morgan fingerprint density at radius 3 is 2.71 bits per heavy atom. The number of hydrogen-bond donors (Lipinski definition) is 1. The molecule has 4 aromatic rings. The first-order chi connectivity index (χ1) is 11.9. The Hall–Kier alpha value is -3.28. The Morgan fingerprint density at radius 1 is 0.917 bits per heavy atom. The summed E-state index contributed by atoms with van der Waals surface area (Å²) < 4.78 is 1.96. The van der Waals surface area contributed by atoms with E-state index < -0.39 is 0 Å². The van der Waals surface area contributed by atoms with Crippen LogP contribution in [0.25, 0.3) is 5.65 Å². The van der Waals surface area contributed by atoms with Crippen LogP contribution in [0.15, 0.2) is 67.0 Å². The van der Waals surface area contributed by atoms with E-state index in [9.17, 15) is 0 Å². The van der Waals surface area contributed by atoms with Crippen molar-refractivity contribution in [3.63, 3.8) is 0 Å². The largest absolute Gasteiger partial charge is 0.363 e. The van der Waals surface area contributed by atoms with Crippen LogP contribution in [0.1, 0.15) is 17.2 Å². The molecule has 0 fully saturated rings. The van der Waals surface area contributed by atoms with Gasteiger partial charge in [0.2, 0.25) is 0 Å². The Morgan fingerprint density at radius 2 is 1.79 bits per heavy atom. The minimum absolute atomic E-state index is 0.549. The molecule has 1 N–H and O–H groups in total. The summed E-state index contributed by atoms with van der Waals surface area (Å²) in [5, 5.41) is 11.6. The average molecular weight is 316 g/mol. The van der Waals surface area contributed by atoms with Gasteiger partial charge in [-0.25, -0.2) is 9.97 Å². The van der Waals surface area contributed by atoms with Crippen molar-refractivity contribution < 1.29 is 0 Å². The molecule has 0 saturated heterocycles. The van der Waals surface area contributed by atoms with E-state index in [1.807, 2.05) is 53.1 Å². The van der Waals surface area contributed by atoms with Crippen molar-refractivity contribution >= 4 is 11.5 Å². The average Bonchev–Trinajstić information content (AvgIpc) is 3.04. The fourth-order valence-corrected chi connectivity index (χ4v) is 2.54. The molecule has 3 aromatic heterocycles. The van der Waals surface area contributed by atoms with E-state index in [-0.39, 0.29) is 0 Å². The number of nitrogens with zero attached hydrogens (tertiary/aromatic N) is 5. The molecule has 118 valence electrons. The molecule has 1 aromatic carbocycles. The molecule has 0 spiro atoms. The smallest absolute Gasteiger partial charge is 0.160 e. The van der Waals surface area contributed by atoms with Gasteiger partial charge in [-0.2, -0.15) is 0 Å². The van der Waals surface area contributed by atoms with Gasteiger partial charge in [0.1, 0.15) is 11.6 Å². The Bertz CT molecular complexity index is 948. The standard InChI is InChI=1S/C18H16N6/c1-2-6-14(7-3-1)12-16-19-10-9-15(21-16)20-13-18-23-22-17-8-4-5-11-24(17)18/h1-11H,12-13H2,(H,19,20,21). The second-order valence-corrected chi connectivity index (χ2v) is 5.42. The minimum atomic E-state index is 0.549. The van der Waals surface area contributed by atoms with Crippen LogP contribution in [0.2, 0.25) is 0 Å². The summed E-state index contributed by atoms with van der Waals surface area (Å²) in [6.45, 7) is 0.549. The Labute approximate surface area is 139 Å². The molecule has 0 unspecified atom stereocenters. The number of nitrogens with one attached hydrogen (secondary N) is 1. The number of fused-ring (bicyclic) bond motifs is 1. The summed E-state index contributed by atoms with van der Waals surface area (Å²) in [7, 11) is 0.